The number of rotatable bonds is 9. The van der Waals surface area contributed by atoms with Crippen LogP contribution in [0.1, 0.15) is 35.2 Å². The van der Waals surface area contributed by atoms with Crippen LogP contribution < -0.4 is 10.6 Å². The first-order valence-corrected chi connectivity index (χ1v) is 9.89. The summed E-state index contributed by atoms with van der Waals surface area (Å²) < 4.78 is 26.2. The smallest absolute Gasteiger partial charge is 0.326 e. The van der Waals surface area contributed by atoms with Crippen molar-refractivity contribution >= 4 is 17.8 Å². The standard InChI is InChI=1S/C22H23F2N3O4/c23-22(24)11-15(12-22)10-18(21(30)31)27-20(29)17(9-14-5-2-1-3-6-14)26-19(28)16-7-4-8-25-13-16/h1-8,13,15,17-18H,9-12H2,(H,26,28)(H,27,29)(H,30,31). The first-order chi connectivity index (χ1) is 14.7. The van der Waals surface area contributed by atoms with Gasteiger partial charge >= 0.3 is 5.97 Å². The molecule has 0 bridgehead atoms. The maximum atomic E-state index is 13.1. The number of nitrogens with zero attached hydrogens (tertiary/aromatic N) is 1. The number of aromatic nitrogens is 1. The van der Waals surface area contributed by atoms with E-state index in [-0.39, 0.29) is 18.4 Å². The van der Waals surface area contributed by atoms with Gasteiger partial charge in [0.15, 0.2) is 0 Å². The lowest BCUT2D eigenvalue weighted by Gasteiger charge is -2.36. The number of alkyl halides is 2. The Kier molecular flexibility index (Phi) is 6.94. The van der Waals surface area contributed by atoms with Crippen LogP contribution in [0.2, 0.25) is 0 Å². The normalized spacial score (nSPS) is 17.1. The zero-order chi connectivity index (χ0) is 22.4. The van der Waals surface area contributed by atoms with Crippen LogP contribution in [0.25, 0.3) is 0 Å². The first kappa shape index (κ1) is 22.3. The zero-order valence-electron chi connectivity index (χ0n) is 16.6. The van der Waals surface area contributed by atoms with Gasteiger partial charge in [0.25, 0.3) is 5.91 Å². The second-order valence-electron chi connectivity index (χ2n) is 7.72. The quantitative estimate of drug-likeness (QED) is 0.565. The van der Waals surface area contributed by atoms with Crippen molar-refractivity contribution in [3.63, 3.8) is 0 Å². The molecule has 1 aliphatic carbocycles. The number of amides is 2. The van der Waals surface area contributed by atoms with Gasteiger partial charge in [-0.2, -0.15) is 0 Å². The van der Waals surface area contributed by atoms with Gasteiger partial charge in [0.2, 0.25) is 11.8 Å². The van der Waals surface area contributed by atoms with E-state index in [1.54, 1.807) is 30.3 Å². The molecule has 2 unspecified atom stereocenters. The summed E-state index contributed by atoms with van der Waals surface area (Å²) in [5.41, 5.74) is 1.01. The molecule has 1 heterocycles. The Bertz CT molecular complexity index is 917. The van der Waals surface area contributed by atoms with E-state index in [0.29, 0.717) is 0 Å². The Labute approximate surface area is 177 Å². The molecule has 0 saturated heterocycles. The Morgan fingerprint density at radius 3 is 2.35 bits per heavy atom. The molecule has 0 spiro atoms. The lowest BCUT2D eigenvalue weighted by atomic mass is 9.77. The van der Waals surface area contributed by atoms with Gasteiger partial charge in [-0.25, -0.2) is 13.6 Å². The molecule has 0 aliphatic heterocycles. The summed E-state index contributed by atoms with van der Waals surface area (Å²) in [6.45, 7) is 0. The number of carboxylic acids is 1. The van der Waals surface area contributed by atoms with Crippen molar-refractivity contribution < 1.29 is 28.3 Å². The lowest BCUT2D eigenvalue weighted by molar-refractivity contribution is -0.146. The topological polar surface area (TPSA) is 108 Å². The molecule has 3 rings (SSSR count). The fraction of sp³-hybridized carbons (Fsp3) is 0.364. The van der Waals surface area contributed by atoms with Crippen molar-refractivity contribution in [3.8, 4) is 0 Å². The SMILES string of the molecule is O=C(NC(Cc1ccccc1)C(=O)NC(CC1CC(F)(F)C1)C(=O)O)c1cccnc1. The molecule has 0 radical (unpaired) electrons. The highest BCUT2D eigenvalue weighted by Gasteiger charge is 2.46. The molecule has 31 heavy (non-hydrogen) atoms. The van der Waals surface area contributed by atoms with Crippen molar-refractivity contribution in [2.75, 3.05) is 0 Å². The van der Waals surface area contributed by atoms with Crippen molar-refractivity contribution in [2.45, 2.75) is 43.7 Å². The van der Waals surface area contributed by atoms with Gasteiger partial charge in [0.05, 0.1) is 5.56 Å². The Balaban J connectivity index is 1.71. The van der Waals surface area contributed by atoms with E-state index in [2.05, 4.69) is 15.6 Å². The molecule has 164 valence electrons. The van der Waals surface area contributed by atoms with Gasteiger partial charge in [0.1, 0.15) is 12.1 Å². The molecule has 7 nitrogen and oxygen atoms in total. The summed E-state index contributed by atoms with van der Waals surface area (Å²) in [4.78, 5) is 40.9. The number of carbonyl (C=O) groups excluding carboxylic acids is 2. The number of hydrogen-bond donors (Lipinski definition) is 3. The first-order valence-electron chi connectivity index (χ1n) is 9.89. The van der Waals surface area contributed by atoms with Crippen LogP contribution in [-0.4, -0.2) is 45.9 Å². The fourth-order valence-electron chi connectivity index (χ4n) is 3.58. The third-order valence-corrected chi connectivity index (χ3v) is 5.19. The van der Waals surface area contributed by atoms with Crippen molar-refractivity contribution in [3.05, 3.63) is 66.0 Å². The molecule has 3 N–H and O–H groups in total. The minimum Gasteiger partial charge on any atom is -0.480 e. The molecule has 2 aromatic rings. The van der Waals surface area contributed by atoms with Crippen molar-refractivity contribution in [1.29, 1.82) is 0 Å². The van der Waals surface area contributed by atoms with Crippen LogP contribution in [0, 0.1) is 5.92 Å². The molecule has 2 atom stereocenters. The van der Waals surface area contributed by atoms with Crippen LogP contribution in [0.3, 0.4) is 0 Å². The average Bonchev–Trinajstić information content (AvgIpc) is 2.72. The van der Waals surface area contributed by atoms with E-state index in [4.69, 9.17) is 0 Å². The predicted octanol–water partition coefficient (Wildman–Crippen LogP) is 2.43. The van der Waals surface area contributed by atoms with Crippen LogP contribution in [0.15, 0.2) is 54.9 Å². The van der Waals surface area contributed by atoms with Gasteiger partial charge in [-0.15, -0.1) is 0 Å². The molecular formula is C22H23F2N3O4. The van der Waals surface area contributed by atoms with E-state index in [0.717, 1.165) is 5.56 Å². The van der Waals surface area contributed by atoms with Gasteiger partial charge in [0, 0.05) is 31.7 Å². The van der Waals surface area contributed by atoms with Crippen LogP contribution >= 0.6 is 0 Å². The lowest BCUT2D eigenvalue weighted by Crippen LogP contribution is -2.53. The average molecular weight is 431 g/mol. The van der Waals surface area contributed by atoms with Gasteiger partial charge < -0.3 is 15.7 Å². The number of aliphatic carboxylic acids is 1. The van der Waals surface area contributed by atoms with Crippen LogP contribution in [0.5, 0.6) is 0 Å². The third-order valence-electron chi connectivity index (χ3n) is 5.19. The maximum absolute atomic E-state index is 13.1. The van der Waals surface area contributed by atoms with E-state index >= 15 is 0 Å². The summed E-state index contributed by atoms with van der Waals surface area (Å²) in [5.74, 6) is -5.78. The molecule has 1 fully saturated rings. The molecular weight excluding hydrogens is 408 g/mol. The number of pyridine rings is 1. The maximum Gasteiger partial charge on any atom is 0.326 e. The second kappa shape index (κ2) is 9.63. The molecule has 1 aromatic carbocycles. The van der Waals surface area contributed by atoms with E-state index in [1.807, 2.05) is 6.07 Å². The molecule has 9 heteroatoms. The van der Waals surface area contributed by atoms with Crippen molar-refractivity contribution in [2.24, 2.45) is 5.92 Å². The monoisotopic (exact) mass is 431 g/mol. The number of benzene rings is 1. The number of halogens is 2. The summed E-state index contributed by atoms with van der Waals surface area (Å²) in [7, 11) is 0. The third kappa shape index (κ3) is 6.31. The van der Waals surface area contributed by atoms with Gasteiger partial charge in [-0.05, 0) is 30.0 Å². The largest absolute Gasteiger partial charge is 0.480 e. The van der Waals surface area contributed by atoms with Gasteiger partial charge in [-0.3, -0.25) is 14.6 Å². The molecule has 1 aromatic heterocycles. The zero-order valence-corrected chi connectivity index (χ0v) is 16.6. The second-order valence-corrected chi connectivity index (χ2v) is 7.72. The summed E-state index contributed by atoms with van der Waals surface area (Å²) in [6, 6.07) is 9.67. The van der Waals surface area contributed by atoms with Crippen molar-refractivity contribution in [1.82, 2.24) is 15.6 Å². The van der Waals surface area contributed by atoms with E-state index in [9.17, 15) is 28.3 Å². The van der Waals surface area contributed by atoms with E-state index in [1.165, 1.54) is 18.5 Å². The molecule has 1 aliphatic rings. The summed E-state index contributed by atoms with van der Waals surface area (Å²) in [5, 5.41) is 14.5. The Morgan fingerprint density at radius 2 is 1.77 bits per heavy atom. The molecule has 2 amide bonds. The predicted molar refractivity (Wildman–Crippen MR) is 107 cm³/mol. The Hall–Kier alpha value is -3.36. The van der Waals surface area contributed by atoms with E-state index < -0.39 is 54.5 Å². The highest BCUT2D eigenvalue weighted by Crippen LogP contribution is 2.44. The minimum absolute atomic E-state index is 0.0920. The summed E-state index contributed by atoms with van der Waals surface area (Å²) in [6.07, 6.45) is 2.11. The van der Waals surface area contributed by atoms with Crippen LogP contribution in [-0.2, 0) is 16.0 Å². The minimum atomic E-state index is -2.77. The number of carboxylic acid groups (broad SMARTS) is 1. The van der Waals surface area contributed by atoms with Gasteiger partial charge in [-0.1, -0.05) is 30.3 Å². The highest BCUT2D eigenvalue weighted by atomic mass is 19.3. The number of nitrogens with one attached hydrogen (secondary N) is 2. The Morgan fingerprint density at radius 1 is 1.06 bits per heavy atom. The highest BCUT2D eigenvalue weighted by molar-refractivity contribution is 5.98. The fourth-order valence-corrected chi connectivity index (χ4v) is 3.58. The number of carbonyl (C=O) groups is 3. The summed E-state index contributed by atoms with van der Waals surface area (Å²) >= 11 is 0. The molecule has 1 saturated carbocycles. The van der Waals surface area contributed by atoms with Crippen LogP contribution in [0.4, 0.5) is 8.78 Å². The number of hydrogen-bond acceptors (Lipinski definition) is 4.